The van der Waals surface area contributed by atoms with Crippen LogP contribution in [-0.4, -0.2) is 99.5 Å². The fraction of sp³-hybridized carbons (Fsp3) is 0. The molecule has 0 atom stereocenters. The summed E-state index contributed by atoms with van der Waals surface area (Å²) < 4.78 is 0. The van der Waals surface area contributed by atoms with E-state index in [1.165, 1.54) is 0 Å². The third-order valence-corrected chi connectivity index (χ3v) is 0. The molecule has 0 bridgehead atoms. The molecule has 0 saturated carbocycles. The molecule has 0 aromatic heterocycles. The Bertz CT molecular complexity index is 58.2. The zero-order valence-electron chi connectivity index (χ0n) is 6.91. The van der Waals surface area contributed by atoms with Crippen LogP contribution in [0.3, 0.4) is 0 Å². The van der Waals surface area contributed by atoms with Crippen molar-refractivity contribution in [1.29, 1.82) is 0 Å². The van der Waals surface area contributed by atoms with E-state index in [1.807, 2.05) is 0 Å². The molecular weight excluding hydrogens is 288 g/mol. The van der Waals surface area contributed by atoms with Gasteiger partial charge in [-0.25, -0.2) is 0 Å². The molecular formula is H9BBaO7Si. The molecule has 0 aromatic rings. The molecule has 0 rings (SSSR count). The molecule has 7 nitrogen and oxygen atoms in total. The molecule has 0 saturated heterocycles. The van der Waals surface area contributed by atoms with Gasteiger partial charge in [-0.2, -0.15) is 0 Å². The molecule has 7 N–H and O–H groups in total. The number of hydrogen-bond donors (Lipinski definition) is 7. The third-order valence-electron chi connectivity index (χ3n) is 0. The van der Waals surface area contributed by atoms with Crippen LogP contribution >= 0.6 is 0 Å². The first-order valence-electron chi connectivity index (χ1n) is 1.67. The van der Waals surface area contributed by atoms with E-state index in [0.29, 0.717) is 0 Å². The van der Waals surface area contributed by atoms with Gasteiger partial charge in [-0.05, 0) is 0 Å². The topological polar surface area (TPSA) is 142 Å². The molecule has 0 aliphatic heterocycles. The van der Waals surface area contributed by atoms with Crippen LogP contribution in [0.15, 0.2) is 0 Å². The quantitative estimate of drug-likeness (QED) is 0.222. The molecule has 0 heterocycles. The van der Waals surface area contributed by atoms with E-state index in [9.17, 15) is 0 Å². The Morgan fingerprint density at radius 1 is 0.900 bits per heavy atom. The first-order valence-corrected chi connectivity index (χ1v) is 3.46. The van der Waals surface area contributed by atoms with Crippen molar-refractivity contribution in [2.75, 3.05) is 0 Å². The second-order valence-corrected chi connectivity index (χ2v) is 2.15. The molecule has 0 fully saturated rings. The molecule has 0 amide bonds. The Morgan fingerprint density at radius 3 is 0.900 bits per heavy atom. The summed E-state index contributed by atoms with van der Waals surface area (Å²) in [7, 11) is -6.78. The molecule has 10 heavy (non-hydrogen) atoms. The minimum Gasteiger partial charge on any atom is -1.00 e. The summed E-state index contributed by atoms with van der Waals surface area (Å²) in [6, 6.07) is 0. The van der Waals surface area contributed by atoms with Crippen LogP contribution in [0.4, 0.5) is 0 Å². The summed E-state index contributed by atoms with van der Waals surface area (Å²) in [6.07, 6.45) is 0. The van der Waals surface area contributed by atoms with Crippen LogP contribution in [0.5, 0.6) is 0 Å². The van der Waals surface area contributed by atoms with E-state index in [2.05, 4.69) is 0 Å². The summed E-state index contributed by atoms with van der Waals surface area (Å²) in [6.45, 7) is 0. The SMILES string of the molecule is OB(O)O.O[Si](O)(O)O.[Ba+2].[H-].[H-]. The maximum Gasteiger partial charge on any atom is 2.00 e. The van der Waals surface area contributed by atoms with E-state index in [0.717, 1.165) is 0 Å². The standard InChI is InChI=1S/BH3O3.Ba.H4O4Si.2H/c2-1(3)4;;1-5(2,3)4;;/h2-4H;;1-4H;;/q;+2;;2*-1. The van der Waals surface area contributed by atoms with Crippen LogP contribution in [0.2, 0.25) is 0 Å². The summed E-state index contributed by atoms with van der Waals surface area (Å²) >= 11 is 0. The van der Waals surface area contributed by atoms with Crippen molar-refractivity contribution < 1.29 is 37.1 Å². The van der Waals surface area contributed by atoms with Crippen LogP contribution in [0.25, 0.3) is 0 Å². The van der Waals surface area contributed by atoms with E-state index in [1.54, 1.807) is 0 Å². The van der Waals surface area contributed by atoms with Crippen molar-refractivity contribution in [1.82, 2.24) is 0 Å². The maximum atomic E-state index is 7.33. The van der Waals surface area contributed by atoms with Crippen molar-refractivity contribution in [2.45, 2.75) is 0 Å². The van der Waals surface area contributed by atoms with Gasteiger partial charge in [0.1, 0.15) is 0 Å². The number of hydrogen-bond acceptors (Lipinski definition) is 7. The largest absolute Gasteiger partial charge is 2.00 e. The van der Waals surface area contributed by atoms with Gasteiger partial charge < -0.3 is 37.1 Å². The van der Waals surface area contributed by atoms with Crippen molar-refractivity contribution in [3.05, 3.63) is 0 Å². The van der Waals surface area contributed by atoms with Crippen molar-refractivity contribution in [3.63, 3.8) is 0 Å². The van der Waals surface area contributed by atoms with Crippen LogP contribution < -0.4 is 0 Å². The second-order valence-electron chi connectivity index (χ2n) is 0.946. The maximum absolute atomic E-state index is 7.33. The smallest absolute Gasteiger partial charge is 1.00 e. The minimum atomic E-state index is -4.61. The third kappa shape index (κ3) is 284. The Kier molecular flexibility index (Phi) is 15.3. The molecule has 0 spiro atoms. The van der Waals surface area contributed by atoms with Gasteiger partial charge in [-0.15, -0.1) is 0 Å². The fourth-order valence-electron chi connectivity index (χ4n) is 0. The molecule has 0 unspecified atom stereocenters. The van der Waals surface area contributed by atoms with Gasteiger partial charge in [0, 0.05) is 0 Å². The average molecular weight is 297 g/mol. The van der Waals surface area contributed by atoms with Crippen molar-refractivity contribution in [2.24, 2.45) is 0 Å². The Morgan fingerprint density at radius 2 is 0.900 bits per heavy atom. The van der Waals surface area contributed by atoms with Crippen LogP contribution in [0, 0.1) is 0 Å². The van der Waals surface area contributed by atoms with Gasteiger partial charge in [-0.1, -0.05) is 0 Å². The summed E-state index contributed by atoms with van der Waals surface area (Å²) in [4.78, 5) is 29.3. The zero-order valence-corrected chi connectivity index (χ0v) is 10.4. The van der Waals surface area contributed by atoms with E-state index < -0.39 is 16.4 Å². The van der Waals surface area contributed by atoms with Gasteiger partial charge in [-0.3, -0.25) is 0 Å². The summed E-state index contributed by atoms with van der Waals surface area (Å²) in [5, 5.41) is 21.5. The van der Waals surface area contributed by atoms with Gasteiger partial charge in [0.2, 0.25) is 0 Å². The van der Waals surface area contributed by atoms with Gasteiger partial charge in [0.05, 0.1) is 0 Å². The van der Waals surface area contributed by atoms with Gasteiger partial charge in [0.25, 0.3) is 0 Å². The molecule has 0 aromatic carbocycles. The molecule has 10 heteroatoms. The molecule has 0 radical (unpaired) electrons. The monoisotopic (exact) mass is 298 g/mol. The normalized spacial score (nSPS) is 8.70. The molecule has 60 valence electrons. The van der Waals surface area contributed by atoms with Gasteiger partial charge in [0.15, 0.2) is 0 Å². The van der Waals surface area contributed by atoms with Crippen LogP contribution in [-0.2, 0) is 0 Å². The summed E-state index contributed by atoms with van der Waals surface area (Å²) in [5.41, 5.74) is 0. The van der Waals surface area contributed by atoms with Crippen molar-refractivity contribution >= 4 is 65.3 Å². The Balaban J connectivity index is -0.0000000221. The van der Waals surface area contributed by atoms with E-state index in [4.69, 9.17) is 34.3 Å². The fourth-order valence-corrected chi connectivity index (χ4v) is 0. The predicted octanol–water partition coefficient (Wildman–Crippen LogP) is -4.82. The molecule has 0 aliphatic carbocycles. The van der Waals surface area contributed by atoms with Crippen molar-refractivity contribution in [3.8, 4) is 0 Å². The van der Waals surface area contributed by atoms with E-state index >= 15 is 0 Å². The molecule has 0 aliphatic rings. The van der Waals surface area contributed by atoms with Gasteiger partial charge >= 0.3 is 65.3 Å². The minimum absolute atomic E-state index is 0. The number of rotatable bonds is 0. The first-order chi connectivity index (χ1) is 3.73. The summed E-state index contributed by atoms with van der Waals surface area (Å²) in [5.74, 6) is 0. The van der Waals surface area contributed by atoms with Crippen LogP contribution in [0.1, 0.15) is 2.85 Å². The second kappa shape index (κ2) is 8.67. The first kappa shape index (κ1) is 17.6. The Hall–Kier alpha value is 1.57. The predicted molar refractivity (Wildman–Crippen MR) is 35.0 cm³/mol. The zero-order chi connectivity index (χ0) is 8.08. The Labute approximate surface area is 101 Å². The average Bonchev–Trinajstić information content (AvgIpc) is 1.19. The van der Waals surface area contributed by atoms with E-state index in [-0.39, 0.29) is 51.7 Å².